The number of hydrogen-bond acceptors (Lipinski definition) is 2. The minimum atomic E-state index is -0.509. The Morgan fingerprint density at radius 2 is 1.87 bits per heavy atom. The third-order valence-corrected chi connectivity index (χ3v) is 3.23. The Hall–Kier alpha value is -2.84. The molecule has 0 spiro atoms. The van der Waals surface area contributed by atoms with E-state index in [9.17, 15) is 14.0 Å². The van der Waals surface area contributed by atoms with Crippen LogP contribution in [-0.2, 0) is 0 Å². The molecule has 0 radical (unpaired) electrons. The molecule has 2 rings (SSSR count). The molecule has 0 aromatic heterocycles. The topological polar surface area (TPSA) is 72.2 Å². The molecule has 6 heteroatoms. The molecule has 4 nitrogen and oxygen atoms in total. The van der Waals surface area contributed by atoms with E-state index in [-0.39, 0.29) is 17.1 Å². The molecule has 2 amide bonds. The molecule has 2 aromatic carbocycles. The zero-order valence-corrected chi connectivity index (χ0v) is 12.7. The maximum Gasteiger partial charge on any atom is 0.253 e. The summed E-state index contributed by atoms with van der Waals surface area (Å²) >= 11 is 5.80. The highest BCUT2D eigenvalue weighted by Gasteiger charge is 2.09. The fraction of sp³-hybridized carbons (Fsp3) is 0.0588. The molecule has 0 aliphatic heterocycles. The molecule has 0 bridgehead atoms. The van der Waals surface area contributed by atoms with Gasteiger partial charge in [-0.25, -0.2) is 4.39 Å². The van der Waals surface area contributed by atoms with Crippen LogP contribution in [0.5, 0.6) is 0 Å². The van der Waals surface area contributed by atoms with E-state index in [4.69, 9.17) is 17.3 Å². The van der Waals surface area contributed by atoms with E-state index < -0.39 is 17.6 Å². The Bertz CT molecular complexity index is 808. The Kier molecular flexibility index (Phi) is 5.34. The number of primary amides is 1. The first-order chi connectivity index (χ1) is 11.0. The van der Waals surface area contributed by atoms with Crippen molar-refractivity contribution in [1.82, 2.24) is 5.32 Å². The van der Waals surface area contributed by atoms with Crippen LogP contribution in [0.3, 0.4) is 0 Å². The smallest absolute Gasteiger partial charge is 0.253 e. The largest absolute Gasteiger partial charge is 0.366 e. The molecule has 0 unspecified atom stereocenters. The van der Waals surface area contributed by atoms with Crippen molar-refractivity contribution in [3.8, 4) is 11.8 Å². The van der Waals surface area contributed by atoms with Crippen LogP contribution in [0.4, 0.5) is 4.39 Å². The fourth-order valence-electron chi connectivity index (χ4n) is 1.76. The summed E-state index contributed by atoms with van der Waals surface area (Å²) in [5.74, 6) is 4.15. The van der Waals surface area contributed by atoms with E-state index in [0.717, 1.165) is 12.1 Å². The molecular weight excluding hydrogens is 319 g/mol. The highest BCUT2D eigenvalue weighted by molar-refractivity contribution is 6.33. The molecule has 0 heterocycles. The van der Waals surface area contributed by atoms with Gasteiger partial charge in [0.2, 0.25) is 5.91 Å². The lowest BCUT2D eigenvalue weighted by Crippen LogP contribution is -2.23. The third kappa shape index (κ3) is 4.56. The van der Waals surface area contributed by atoms with Crippen LogP contribution in [0.1, 0.15) is 26.3 Å². The lowest BCUT2D eigenvalue weighted by Gasteiger charge is -2.03. The lowest BCUT2D eigenvalue weighted by atomic mass is 10.1. The summed E-state index contributed by atoms with van der Waals surface area (Å²) < 4.78 is 12.9. The second-order valence-electron chi connectivity index (χ2n) is 4.55. The Labute approximate surface area is 137 Å². The Morgan fingerprint density at radius 1 is 1.17 bits per heavy atom. The monoisotopic (exact) mass is 330 g/mol. The molecule has 0 fully saturated rings. The summed E-state index contributed by atoms with van der Waals surface area (Å²) in [5.41, 5.74) is 6.40. The van der Waals surface area contributed by atoms with Gasteiger partial charge in [0.05, 0.1) is 17.1 Å². The van der Waals surface area contributed by atoms with Gasteiger partial charge in [0, 0.05) is 11.1 Å². The minimum absolute atomic E-state index is 0.0394. The third-order valence-electron chi connectivity index (χ3n) is 2.92. The number of carbonyl (C=O) groups is 2. The van der Waals surface area contributed by atoms with E-state index in [2.05, 4.69) is 17.2 Å². The first-order valence-electron chi connectivity index (χ1n) is 6.59. The van der Waals surface area contributed by atoms with Crippen LogP contribution in [0.2, 0.25) is 5.02 Å². The van der Waals surface area contributed by atoms with Crippen LogP contribution in [0, 0.1) is 17.7 Å². The van der Waals surface area contributed by atoms with Crippen LogP contribution >= 0.6 is 11.6 Å². The number of nitrogens with two attached hydrogens (primary N) is 1. The summed E-state index contributed by atoms with van der Waals surface area (Å²) in [6, 6.07) is 10.0. The maximum absolute atomic E-state index is 12.9. The number of benzene rings is 2. The summed E-state index contributed by atoms with van der Waals surface area (Å²) in [6.45, 7) is 0.101. The van der Waals surface area contributed by atoms with Crippen molar-refractivity contribution in [2.75, 3.05) is 6.54 Å². The van der Waals surface area contributed by atoms with Crippen molar-refractivity contribution in [1.29, 1.82) is 0 Å². The van der Waals surface area contributed by atoms with E-state index in [0.29, 0.717) is 11.1 Å². The molecule has 0 saturated heterocycles. The fourth-order valence-corrected chi connectivity index (χ4v) is 2.01. The maximum atomic E-state index is 12.9. The highest BCUT2D eigenvalue weighted by atomic mass is 35.5. The van der Waals surface area contributed by atoms with E-state index in [1.807, 2.05) is 0 Å². The van der Waals surface area contributed by atoms with Gasteiger partial charge in [0.1, 0.15) is 5.82 Å². The molecule has 116 valence electrons. The van der Waals surface area contributed by atoms with E-state index in [1.165, 1.54) is 6.07 Å². The Balaban J connectivity index is 1.94. The standard InChI is InChI=1S/C17H12ClFN2O2/c18-15-10-13(19)7-8-14(15)17(23)21-9-1-2-11-3-5-12(6-4-11)16(20)22/h3-8,10H,9H2,(H2,20,22)(H,21,23). The van der Waals surface area contributed by atoms with Crippen molar-refractivity contribution < 1.29 is 14.0 Å². The first kappa shape index (κ1) is 16.5. The number of carbonyl (C=O) groups excluding carboxylic acids is 2. The average molecular weight is 331 g/mol. The zero-order valence-electron chi connectivity index (χ0n) is 11.9. The second kappa shape index (κ2) is 7.43. The molecule has 0 aliphatic carbocycles. The number of hydrogen-bond donors (Lipinski definition) is 2. The first-order valence-corrected chi connectivity index (χ1v) is 6.97. The lowest BCUT2D eigenvalue weighted by molar-refractivity contribution is 0.0957. The van der Waals surface area contributed by atoms with Crippen molar-refractivity contribution >= 4 is 23.4 Å². The SMILES string of the molecule is NC(=O)c1ccc(C#CCNC(=O)c2ccc(F)cc2Cl)cc1. The van der Waals surface area contributed by atoms with Gasteiger partial charge in [-0.15, -0.1) is 0 Å². The van der Waals surface area contributed by atoms with Crippen LogP contribution in [0.25, 0.3) is 0 Å². The molecular formula is C17H12ClFN2O2. The van der Waals surface area contributed by atoms with Gasteiger partial charge in [-0.05, 0) is 42.5 Å². The van der Waals surface area contributed by atoms with Gasteiger partial charge in [-0.1, -0.05) is 23.4 Å². The van der Waals surface area contributed by atoms with E-state index in [1.54, 1.807) is 24.3 Å². The summed E-state index contributed by atoms with van der Waals surface area (Å²) in [7, 11) is 0. The predicted molar refractivity (Wildman–Crippen MR) is 85.6 cm³/mol. The van der Waals surface area contributed by atoms with Gasteiger partial charge in [-0.2, -0.15) is 0 Å². The average Bonchev–Trinajstić information content (AvgIpc) is 2.51. The predicted octanol–water partition coefficient (Wildman–Crippen LogP) is 2.36. The molecule has 2 aromatic rings. The normalized spacial score (nSPS) is 9.65. The van der Waals surface area contributed by atoms with Crippen molar-refractivity contribution in [3.63, 3.8) is 0 Å². The van der Waals surface area contributed by atoms with Gasteiger partial charge >= 0.3 is 0 Å². The van der Waals surface area contributed by atoms with Crippen molar-refractivity contribution in [2.24, 2.45) is 5.73 Å². The molecule has 0 saturated carbocycles. The number of amides is 2. The summed E-state index contributed by atoms with van der Waals surface area (Å²) in [6.07, 6.45) is 0. The number of nitrogens with one attached hydrogen (secondary N) is 1. The van der Waals surface area contributed by atoms with Crippen molar-refractivity contribution in [3.05, 3.63) is 70.0 Å². The van der Waals surface area contributed by atoms with Gasteiger partial charge < -0.3 is 11.1 Å². The molecule has 23 heavy (non-hydrogen) atoms. The van der Waals surface area contributed by atoms with Crippen LogP contribution < -0.4 is 11.1 Å². The Morgan fingerprint density at radius 3 is 2.48 bits per heavy atom. The van der Waals surface area contributed by atoms with E-state index >= 15 is 0 Å². The molecule has 0 atom stereocenters. The molecule has 0 aliphatic rings. The van der Waals surface area contributed by atoms with Gasteiger partial charge in [-0.3, -0.25) is 9.59 Å². The number of rotatable bonds is 3. The quantitative estimate of drug-likeness (QED) is 0.848. The number of halogens is 2. The molecule has 3 N–H and O–H groups in total. The summed E-state index contributed by atoms with van der Waals surface area (Å²) in [5, 5.41) is 2.60. The van der Waals surface area contributed by atoms with Crippen molar-refractivity contribution in [2.45, 2.75) is 0 Å². The zero-order chi connectivity index (χ0) is 16.8. The van der Waals surface area contributed by atoms with Gasteiger partial charge in [0.15, 0.2) is 0 Å². The second-order valence-corrected chi connectivity index (χ2v) is 4.96. The van der Waals surface area contributed by atoms with Crippen LogP contribution in [0.15, 0.2) is 42.5 Å². The van der Waals surface area contributed by atoms with Crippen LogP contribution in [-0.4, -0.2) is 18.4 Å². The highest BCUT2D eigenvalue weighted by Crippen LogP contribution is 2.16. The minimum Gasteiger partial charge on any atom is -0.366 e. The van der Waals surface area contributed by atoms with Gasteiger partial charge in [0.25, 0.3) is 5.91 Å². The summed E-state index contributed by atoms with van der Waals surface area (Å²) in [4.78, 5) is 22.8.